The predicted molar refractivity (Wildman–Crippen MR) is 59.6 cm³/mol. The Morgan fingerprint density at radius 1 is 1.47 bits per heavy atom. The average molecular weight is 243 g/mol. The fraction of sp³-hybridized carbons (Fsp3) is 0.417. The van der Waals surface area contributed by atoms with Gasteiger partial charge in [0.05, 0.1) is 11.7 Å². The van der Waals surface area contributed by atoms with Crippen LogP contribution in [-0.2, 0) is 0 Å². The summed E-state index contributed by atoms with van der Waals surface area (Å²) < 4.78 is 26.3. The first-order chi connectivity index (χ1) is 7.93. The van der Waals surface area contributed by atoms with Crippen molar-refractivity contribution >= 4 is 5.91 Å². The Bertz CT molecular complexity index is 407. The van der Waals surface area contributed by atoms with Crippen LogP contribution in [0, 0.1) is 11.6 Å². The van der Waals surface area contributed by atoms with E-state index in [1.54, 1.807) is 6.92 Å². The summed E-state index contributed by atoms with van der Waals surface area (Å²) in [5.74, 6) is -2.77. The van der Waals surface area contributed by atoms with Crippen LogP contribution in [0.4, 0.5) is 8.78 Å². The first-order valence-corrected chi connectivity index (χ1v) is 5.31. The minimum Gasteiger partial charge on any atom is -0.393 e. The highest BCUT2D eigenvalue weighted by Gasteiger charge is 2.18. The second-order valence-corrected chi connectivity index (χ2v) is 3.97. The molecule has 1 amide bonds. The Kier molecular flexibility index (Phi) is 4.57. The third-order valence-corrected chi connectivity index (χ3v) is 2.41. The van der Waals surface area contributed by atoms with E-state index >= 15 is 0 Å². The second-order valence-electron chi connectivity index (χ2n) is 3.97. The summed E-state index contributed by atoms with van der Waals surface area (Å²) in [5.41, 5.74) is -0.293. The van der Waals surface area contributed by atoms with Crippen LogP contribution in [0.2, 0.25) is 0 Å². The average Bonchev–Trinajstić information content (AvgIpc) is 2.28. The van der Waals surface area contributed by atoms with Gasteiger partial charge in [-0.05, 0) is 25.5 Å². The molecule has 1 unspecified atom stereocenters. The molecule has 1 N–H and O–H groups in total. The number of nitrogens with zero attached hydrogens (tertiary/aromatic N) is 1. The van der Waals surface area contributed by atoms with E-state index in [4.69, 9.17) is 5.11 Å². The number of rotatable bonds is 4. The second kappa shape index (κ2) is 5.72. The van der Waals surface area contributed by atoms with E-state index in [2.05, 4.69) is 0 Å². The normalized spacial score (nSPS) is 12.3. The molecule has 0 aliphatic rings. The molecule has 1 rings (SSSR count). The molecule has 0 radical (unpaired) electrons. The Morgan fingerprint density at radius 2 is 2.12 bits per heavy atom. The van der Waals surface area contributed by atoms with Crippen molar-refractivity contribution < 1.29 is 18.7 Å². The van der Waals surface area contributed by atoms with Gasteiger partial charge in [-0.1, -0.05) is 6.07 Å². The summed E-state index contributed by atoms with van der Waals surface area (Å²) in [7, 11) is 1.48. The summed E-state index contributed by atoms with van der Waals surface area (Å²) in [6.45, 7) is 1.88. The van der Waals surface area contributed by atoms with Gasteiger partial charge >= 0.3 is 0 Å². The van der Waals surface area contributed by atoms with E-state index in [1.807, 2.05) is 0 Å². The molecule has 5 heteroatoms. The first-order valence-electron chi connectivity index (χ1n) is 5.31. The molecule has 1 atom stereocenters. The molecular formula is C12H15F2NO2. The fourth-order valence-corrected chi connectivity index (χ4v) is 1.36. The molecule has 94 valence electrons. The minimum absolute atomic E-state index is 0.284. The molecule has 0 aliphatic heterocycles. The largest absolute Gasteiger partial charge is 0.393 e. The van der Waals surface area contributed by atoms with Crippen LogP contribution >= 0.6 is 0 Å². The number of carbonyl (C=O) groups is 1. The molecule has 3 nitrogen and oxygen atoms in total. The summed E-state index contributed by atoms with van der Waals surface area (Å²) in [6.07, 6.45) is -0.151. The van der Waals surface area contributed by atoms with Crippen molar-refractivity contribution in [3.8, 4) is 0 Å². The van der Waals surface area contributed by atoms with Crippen molar-refractivity contribution in [3.05, 3.63) is 35.4 Å². The lowest BCUT2D eigenvalue weighted by Crippen LogP contribution is -2.30. The number of hydrogen-bond donors (Lipinski definition) is 1. The van der Waals surface area contributed by atoms with Crippen molar-refractivity contribution in [2.45, 2.75) is 19.4 Å². The highest BCUT2D eigenvalue weighted by molar-refractivity contribution is 5.94. The highest BCUT2D eigenvalue weighted by atomic mass is 19.2. The summed E-state index contributed by atoms with van der Waals surface area (Å²) in [5, 5.41) is 9.08. The maximum Gasteiger partial charge on any atom is 0.256 e. The van der Waals surface area contributed by atoms with Crippen molar-refractivity contribution in [3.63, 3.8) is 0 Å². The van der Waals surface area contributed by atoms with Crippen molar-refractivity contribution in [2.24, 2.45) is 0 Å². The lowest BCUT2D eigenvalue weighted by Gasteiger charge is -2.18. The van der Waals surface area contributed by atoms with Crippen LogP contribution in [0.15, 0.2) is 18.2 Å². The molecule has 17 heavy (non-hydrogen) atoms. The number of aliphatic hydroxyl groups excluding tert-OH is 1. The lowest BCUT2D eigenvalue weighted by molar-refractivity contribution is 0.0763. The summed E-state index contributed by atoms with van der Waals surface area (Å²) in [6, 6.07) is 3.48. The predicted octanol–water partition coefficient (Wildman–Crippen LogP) is 1.81. The Labute approximate surface area is 98.7 Å². The Balaban J connectivity index is 2.78. The monoisotopic (exact) mass is 243 g/mol. The van der Waals surface area contributed by atoms with E-state index in [-0.39, 0.29) is 12.1 Å². The number of aliphatic hydroxyl groups is 1. The number of carbonyl (C=O) groups excluding carboxylic acids is 1. The standard InChI is InChI=1S/C12H15F2NO2/c1-8(16)6-7-15(2)12(17)9-4-3-5-10(13)11(9)14/h3-5,8,16H,6-7H2,1-2H3. The Morgan fingerprint density at radius 3 is 2.71 bits per heavy atom. The first kappa shape index (κ1) is 13.6. The van der Waals surface area contributed by atoms with Crippen LogP contribution in [-0.4, -0.2) is 35.6 Å². The van der Waals surface area contributed by atoms with Crippen molar-refractivity contribution in [1.82, 2.24) is 4.90 Å². The van der Waals surface area contributed by atoms with Gasteiger partial charge in [0.2, 0.25) is 0 Å². The van der Waals surface area contributed by atoms with Gasteiger partial charge in [-0.2, -0.15) is 0 Å². The molecular weight excluding hydrogens is 228 g/mol. The molecule has 1 aromatic rings. The van der Waals surface area contributed by atoms with Crippen LogP contribution in [0.5, 0.6) is 0 Å². The molecule has 0 spiro atoms. The smallest absolute Gasteiger partial charge is 0.256 e. The maximum atomic E-state index is 13.3. The summed E-state index contributed by atoms with van der Waals surface area (Å²) in [4.78, 5) is 13.0. The fourth-order valence-electron chi connectivity index (χ4n) is 1.36. The number of hydrogen-bond acceptors (Lipinski definition) is 2. The minimum atomic E-state index is -1.14. The summed E-state index contributed by atoms with van der Waals surface area (Å²) >= 11 is 0. The maximum absolute atomic E-state index is 13.3. The lowest BCUT2D eigenvalue weighted by atomic mass is 10.1. The third-order valence-electron chi connectivity index (χ3n) is 2.41. The molecule has 0 saturated carbocycles. The SMILES string of the molecule is CC(O)CCN(C)C(=O)c1cccc(F)c1F. The van der Waals surface area contributed by atoms with Gasteiger partial charge in [0.15, 0.2) is 11.6 Å². The zero-order valence-electron chi connectivity index (χ0n) is 9.78. The number of amides is 1. The van der Waals surface area contributed by atoms with E-state index in [0.717, 1.165) is 6.07 Å². The van der Waals surface area contributed by atoms with Gasteiger partial charge in [-0.3, -0.25) is 4.79 Å². The van der Waals surface area contributed by atoms with Crippen LogP contribution in [0.3, 0.4) is 0 Å². The van der Waals surface area contributed by atoms with Crippen LogP contribution < -0.4 is 0 Å². The van der Waals surface area contributed by atoms with E-state index in [0.29, 0.717) is 6.42 Å². The number of benzene rings is 1. The van der Waals surface area contributed by atoms with Crippen LogP contribution in [0.25, 0.3) is 0 Å². The van der Waals surface area contributed by atoms with Gasteiger partial charge in [0, 0.05) is 13.6 Å². The van der Waals surface area contributed by atoms with E-state index in [1.165, 1.54) is 24.1 Å². The van der Waals surface area contributed by atoms with Gasteiger partial charge in [0.1, 0.15) is 0 Å². The van der Waals surface area contributed by atoms with Gasteiger partial charge in [0.25, 0.3) is 5.91 Å². The Hall–Kier alpha value is -1.49. The molecule has 0 aliphatic carbocycles. The quantitative estimate of drug-likeness (QED) is 0.876. The zero-order valence-corrected chi connectivity index (χ0v) is 9.78. The number of halogens is 2. The van der Waals surface area contributed by atoms with Gasteiger partial charge < -0.3 is 10.0 Å². The molecule has 0 aromatic heterocycles. The van der Waals surface area contributed by atoms with Gasteiger partial charge in [-0.15, -0.1) is 0 Å². The van der Waals surface area contributed by atoms with Gasteiger partial charge in [-0.25, -0.2) is 8.78 Å². The van der Waals surface area contributed by atoms with Crippen molar-refractivity contribution in [2.75, 3.05) is 13.6 Å². The third kappa shape index (κ3) is 3.49. The zero-order chi connectivity index (χ0) is 13.0. The molecule has 0 saturated heterocycles. The van der Waals surface area contributed by atoms with Crippen molar-refractivity contribution in [1.29, 1.82) is 0 Å². The molecule has 0 heterocycles. The molecule has 0 fully saturated rings. The molecule has 0 bridgehead atoms. The topological polar surface area (TPSA) is 40.5 Å². The molecule has 1 aromatic carbocycles. The van der Waals surface area contributed by atoms with Crippen LogP contribution in [0.1, 0.15) is 23.7 Å². The highest BCUT2D eigenvalue weighted by Crippen LogP contribution is 2.13. The van der Waals surface area contributed by atoms with E-state index in [9.17, 15) is 13.6 Å². The van der Waals surface area contributed by atoms with E-state index < -0.39 is 23.6 Å².